The van der Waals surface area contributed by atoms with E-state index in [1.165, 1.54) is 0 Å². The number of fused-ring (bicyclic) bond motifs is 1. The smallest absolute Gasteiger partial charge is 0.225 e. The van der Waals surface area contributed by atoms with Crippen molar-refractivity contribution in [3.05, 3.63) is 30.5 Å². The summed E-state index contributed by atoms with van der Waals surface area (Å²) in [5, 5.41) is 18.4. The van der Waals surface area contributed by atoms with Crippen molar-refractivity contribution in [3.8, 4) is 5.75 Å². The van der Waals surface area contributed by atoms with E-state index in [-0.39, 0.29) is 29.0 Å². The number of aliphatic hydroxyl groups is 1. The Morgan fingerprint density at radius 3 is 2.56 bits per heavy atom. The van der Waals surface area contributed by atoms with Crippen LogP contribution in [0.5, 0.6) is 5.75 Å². The first-order valence-electron chi connectivity index (χ1n) is 11.8. The summed E-state index contributed by atoms with van der Waals surface area (Å²) in [7, 11) is 0. The van der Waals surface area contributed by atoms with Gasteiger partial charge in [-0.25, -0.2) is 0 Å². The van der Waals surface area contributed by atoms with Crippen LogP contribution in [0.2, 0.25) is 0 Å². The Hall–Kier alpha value is -2.05. The molecule has 6 nitrogen and oxygen atoms in total. The van der Waals surface area contributed by atoms with Crippen LogP contribution in [0.1, 0.15) is 67.2 Å². The van der Waals surface area contributed by atoms with Gasteiger partial charge in [-0.1, -0.05) is 26.8 Å². The highest BCUT2D eigenvalue weighted by molar-refractivity contribution is 5.85. The molecule has 0 bridgehead atoms. The lowest BCUT2D eigenvalue weighted by Gasteiger charge is -2.45. The summed E-state index contributed by atoms with van der Waals surface area (Å²) in [6.07, 6.45) is 5.32. The third-order valence-electron chi connectivity index (χ3n) is 6.99. The van der Waals surface area contributed by atoms with E-state index in [4.69, 9.17) is 4.74 Å². The number of amides is 1. The van der Waals surface area contributed by atoms with Crippen molar-refractivity contribution >= 4 is 16.8 Å². The molecule has 178 valence electrons. The summed E-state index contributed by atoms with van der Waals surface area (Å²) in [6, 6.07) is 7.87. The lowest BCUT2D eigenvalue weighted by molar-refractivity contribution is -0.131. The van der Waals surface area contributed by atoms with Crippen molar-refractivity contribution in [1.29, 1.82) is 0 Å². The third kappa shape index (κ3) is 6.04. The number of benzene rings is 1. The van der Waals surface area contributed by atoms with Crippen LogP contribution in [0.4, 0.5) is 0 Å². The van der Waals surface area contributed by atoms with Gasteiger partial charge < -0.3 is 25.5 Å². The van der Waals surface area contributed by atoms with Gasteiger partial charge in [0.05, 0.1) is 0 Å². The highest BCUT2D eigenvalue weighted by Gasteiger charge is 2.39. The average molecular weight is 444 g/mol. The van der Waals surface area contributed by atoms with Crippen LogP contribution in [-0.2, 0) is 4.79 Å². The first kappa shape index (κ1) is 24.6. The molecular formula is C26H41N3O3. The van der Waals surface area contributed by atoms with Gasteiger partial charge in [-0.05, 0) is 70.6 Å². The standard InChI is InChI=1S/C26H41N3O3/c1-24(2,3)23(31)29-26(6)13-10-18(11-14-26)25(4,5)28-16-19(30)17-32-22-9-7-8-21-20(22)12-15-27-21/h7-9,12,15,18-19,27-28,30H,10-11,13-14,16-17H2,1-6H3,(H,29,31). The molecule has 32 heavy (non-hydrogen) atoms. The van der Waals surface area contributed by atoms with E-state index in [0.717, 1.165) is 42.3 Å². The minimum atomic E-state index is -0.594. The molecule has 1 unspecified atom stereocenters. The van der Waals surface area contributed by atoms with E-state index >= 15 is 0 Å². The number of nitrogens with one attached hydrogen (secondary N) is 3. The molecule has 1 aromatic heterocycles. The summed E-state index contributed by atoms with van der Waals surface area (Å²) in [5.41, 5.74) is 0.422. The maximum absolute atomic E-state index is 12.5. The van der Waals surface area contributed by atoms with E-state index in [1.807, 2.05) is 51.2 Å². The minimum Gasteiger partial charge on any atom is -0.490 e. The third-order valence-corrected chi connectivity index (χ3v) is 6.99. The molecule has 0 saturated heterocycles. The van der Waals surface area contributed by atoms with Crippen molar-refractivity contribution in [2.24, 2.45) is 11.3 Å². The monoisotopic (exact) mass is 443 g/mol. The van der Waals surface area contributed by atoms with E-state index in [0.29, 0.717) is 12.5 Å². The highest BCUT2D eigenvalue weighted by atomic mass is 16.5. The Bertz CT molecular complexity index is 904. The number of carbonyl (C=O) groups is 1. The molecule has 1 amide bonds. The molecule has 1 aliphatic carbocycles. The SMILES string of the molecule is CC1(NC(=O)C(C)(C)C)CCC(C(C)(C)NCC(O)COc2cccc3[nH]ccc23)CC1. The summed E-state index contributed by atoms with van der Waals surface area (Å²) in [4.78, 5) is 15.6. The van der Waals surface area contributed by atoms with Gasteiger partial charge in [0, 0.05) is 40.1 Å². The van der Waals surface area contributed by atoms with Crippen LogP contribution in [-0.4, -0.2) is 46.3 Å². The molecule has 2 aromatic rings. The summed E-state index contributed by atoms with van der Waals surface area (Å²) in [6.45, 7) is 13.2. The number of ether oxygens (including phenoxy) is 1. The number of carbonyl (C=O) groups excluding carboxylic acids is 1. The Morgan fingerprint density at radius 2 is 1.91 bits per heavy atom. The quantitative estimate of drug-likeness (QED) is 0.487. The number of hydrogen-bond acceptors (Lipinski definition) is 4. The second kappa shape index (κ2) is 9.44. The second-order valence-corrected chi connectivity index (χ2v) is 11.3. The normalized spacial score (nSPS) is 23.2. The van der Waals surface area contributed by atoms with Gasteiger partial charge in [0.2, 0.25) is 5.91 Å². The van der Waals surface area contributed by atoms with Crippen LogP contribution in [0.3, 0.4) is 0 Å². The average Bonchev–Trinajstić information content (AvgIpc) is 3.19. The van der Waals surface area contributed by atoms with E-state index < -0.39 is 6.10 Å². The first-order chi connectivity index (χ1) is 14.9. The lowest BCUT2D eigenvalue weighted by Crippen LogP contribution is -2.55. The van der Waals surface area contributed by atoms with Gasteiger partial charge in [0.1, 0.15) is 18.5 Å². The Labute approximate surface area is 192 Å². The van der Waals surface area contributed by atoms with Crippen LogP contribution < -0.4 is 15.4 Å². The second-order valence-electron chi connectivity index (χ2n) is 11.3. The van der Waals surface area contributed by atoms with Gasteiger partial charge in [-0.3, -0.25) is 4.79 Å². The summed E-state index contributed by atoms with van der Waals surface area (Å²) in [5.74, 6) is 1.39. The number of aliphatic hydroxyl groups excluding tert-OH is 1. The zero-order chi connectivity index (χ0) is 23.6. The Morgan fingerprint density at radius 1 is 1.22 bits per heavy atom. The number of H-pyrrole nitrogens is 1. The maximum atomic E-state index is 12.5. The van der Waals surface area contributed by atoms with E-state index in [9.17, 15) is 9.90 Å². The molecule has 0 radical (unpaired) electrons. The van der Waals surface area contributed by atoms with Crippen LogP contribution in [0.15, 0.2) is 30.5 Å². The van der Waals surface area contributed by atoms with Gasteiger partial charge in [-0.2, -0.15) is 0 Å². The number of aromatic nitrogens is 1. The highest BCUT2D eigenvalue weighted by Crippen LogP contribution is 2.38. The topological polar surface area (TPSA) is 86.4 Å². The van der Waals surface area contributed by atoms with Gasteiger partial charge in [-0.15, -0.1) is 0 Å². The molecule has 4 N–H and O–H groups in total. The van der Waals surface area contributed by atoms with Crippen LogP contribution in [0, 0.1) is 11.3 Å². The summed E-state index contributed by atoms with van der Waals surface area (Å²) < 4.78 is 5.89. The molecule has 1 saturated carbocycles. The lowest BCUT2D eigenvalue weighted by atomic mass is 9.70. The fraction of sp³-hybridized carbons (Fsp3) is 0.654. The Balaban J connectivity index is 1.46. The van der Waals surface area contributed by atoms with Crippen LogP contribution in [0.25, 0.3) is 10.9 Å². The predicted molar refractivity (Wildman–Crippen MR) is 130 cm³/mol. The zero-order valence-electron chi connectivity index (χ0n) is 20.5. The first-order valence-corrected chi connectivity index (χ1v) is 11.8. The predicted octanol–water partition coefficient (Wildman–Crippen LogP) is 4.39. The molecule has 0 aliphatic heterocycles. The fourth-order valence-electron chi connectivity index (χ4n) is 4.52. The van der Waals surface area contributed by atoms with Crippen molar-refractivity contribution in [2.45, 2.75) is 84.4 Å². The van der Waals surface area contributed by atoms with Crippen LogP contribution >= 0.6 is 0 Å². The molecule has 0 spiro atoms. The minimum absolute atomic E-state index is 0.100. The maximum Gasteiger partial charge on any atom is 0.225 e. The molecule has 3 rings (SSSR count). The fourth-order valence-corrected chi connectivity index (χ4v) is 4.52. The number of hydrogen-bond donors (Lipinski definition) is 4. The van der Waals surface area contributed by atoms with Crippen molar-refractivity contribution in [1.82, 2.24) is 15.6 Å². The molecule has 6 heteroatoms. The molecule has 1 heterocycles. The van der Waals surface area contributed by atoms with Gasteiger partial charge in [0.25, 0.3) is 0 Å². The largest absolute Gasteiger partial charge is 0.490 e. The van der Waals surface area contributed by atoms with E-state index in [2.05, 4.69) is 36.4 Å². The number of rotatable bonds is 8. The van der Waals surface area contributed by atoms with Gasteiger partial charge >= 0.3 is 0 Å². The molecule has 1 fully saturated rings. The molecular weight excluding hydrogens is 402 g/mol. The summed E-state index contributed by atoms with van der Waals surface area (Å²) >= 11 is 0. The molecule has 1 aromatic carbocycles. The van der Waals surface area contributed by atoms with E-state index in [1.54, 1.807) is 0 Å². The molecule has 1 aliphatic rings. The zero-order valence-corrected chi connectivity index (χ0v) is 20.5. The van der Waals surface area contributed by atoms with Crippen molar-refractivity contribution < 1.29 is 14.6 Å². The number of aromatic amines is 1. The molecule has 1 atom stereocenters. The number of β-amino-alcohol motifs (C(OH)–C–C–N with tert-alkyl or cyclic N) is 1. The van der Waals surface area contributed by atoms with Gasteiger partial charge in [0.15, 0.2) is 0 Å². The Kier molecular flexibility index (Phi) is 7.25. The van der Waals surface area contributed by atoms with Crippen molar-refractivity contribution in [3.63, 3.8) is 0 Å². The van der Waals surface area contributed by atoms with Crippen molar-refractivity contribution in [2.75, 3.05) is 13.2 Å².